The molecule has 0 rings (SSSR count). The molecule has 0 unspecified atom stereocenters. The fourth-order valence-corrected chi connectivity index (χ4v) is 2.03. The molecule has 0 saturated heterocycles. The van der Waals surface area contributed by atoms with E-state index in [-0.39, 0.29) is 19.0 Å². The van der Waals surface area contributed by atoms with E-state index in [1.165, 1.54) is 0 Å². The summed E-state index contributed by atoms with van der Waals surface area (Å²) in [6.45, 7) is 0. The van der Waals surface area contributed by atoms with Crippen molar-refractivity contribution in [3.05, 3.63) is 0 Å². The Labute approximate surface area is 131 Å². The van der Waals surface area contributed by atoms with Gasteiger partial charge in [0, 0.05) is 12.8 Å². The average Bonchev–Trinajstić information content (AvgIpc) is 2.30. The van der Waals surface area contributed by atoms with Crippen molar-refractivity contribution in [2.24, 2.45) is 0 Å². The van der Waals surface area contributed by atoms with E-state index in [0.717, 1.165) is 0 Å². The predicted molar refractivity (Wildman–Crippen MR) is 65.2 cm³/mol. The zero-order valence-electron chi connectivity index (χ0n) is 12.0. The van der Waals surface area contributed by atoms with Gasteiger partial charge in [-0.25, -0.2) is 0 Å². The number of alkyl halides is 9. The third-order valence-electron chi connectivity index (χ3n) is 2.85. The molecule has 24 heavy (non-hydrogen) atoms. The van der Waals surface area contributed by atoms with Crippen LogP contribution in [-0.4, -0.2) is 36.2 Å². The quantitative estimate of drug-likeness (QED) is 0.330. The standard InChI is InChI=1S/C10H13F9O3S.H3N/c11-7(12,5-3-1-2-4-6-8(13,14)15)9(16,17)10(18,19)23(20,21)22;/h1-6H2,(H,20,21,22);1H3. The molecule has 0 atom stereocenters. The molecule has 0 aliphatic carbocycles. The topological polar surface area (TPSA) is 89.4 Å². The molecule has 0 bridgehead atoms. The van der Waals surface area contributed by atoms with Crippen LogP contribution in [0.4, 0.5) is 39.5 Å². The average molecular weight is 401 g/mol. The lowest BCUT2D eigenvalue weighted by atomic mass is 10.0. The maximum absolute atomic E-state index is 13.1. The van der Waals surface area contributed by atoms with Gasteiger partial charge in [0.15, 0.2) is 0 Å². The van der Waals surface area contributed by atoms with Crippen LogP contribution in [0.15, 0.2) is 0 Å². The lowest BCUT2D eigenvalue weighted by Gasteiger charge is -2.30. The number of halogens is 9. The van der Waals surface area contributed by atoms with Crippen LogP contribution in [0.25, 0.3) is 0 Å². The van der Waals surface area contributed by atoms with Gasteiger partial charge >= 0.3 is 33.4 Å². The Morgan fingerprint density at radius 1 is 0.708 bits per heavy atom. The Balaban J connectivity index is 0. The van der Waals surface area contributed by atoms with Crippen molar-refractivity contribution in [3.8, 4) is 0 Å². The van der Waals surface area contributed by atoms with Crippen molar-refractivity contribution in [1.29, 1.82) is 0 Å². The Morgan fingerprint density at radius 3 is 1.42 bits per heavy atom. The predicted octanol–water partition coefficient (Wildman–Crippen LogP) is 4.80. The van der Waals surface area contributed by atoms with Gasteiger partial charge in [0.25, 0.3) is 0 Å². The first kappa shape index (κ1) is 25.5. The van der Waals surface area contributed by atoms with E-state index in [1.807, 2.05) is 0 Å². The fraction of sp³-hybridized carbons (Fsp3) is 1.00. The van der Waals surface area contributed by atoms with Crippen LogP contribution in [0.5, 0.6) is 0 Å². The molecule has 0 fully saturated rings. The molecular formula is C10H16F9NO3S. The molecule has 0 aromatic rings. The Morgan fingerprint density at radius 2 is 1.08 bits per heavy atom. The zero-order chi connectivity index (χ0) is 18.7. The molecule has 4 nitrogen and oxygen atoms in total. The summed E-state index contributed by atoms with van der Waals surface area (Å²) in [6.07, 6.45) is -9.46. The van der Waals surface area contributed by atoms with Gasteiger partial charge in [-0.2, -0.15) is 47.9 Å². The molecule has 0 aliphatic rings. The van der Waals surface area contributed by atoms with E-state index in [0.29, 0.717) is 0 Å². The number of unbranched alkanes of at least 4 members (excludes halogenated alkanes) is 3. The van der Waals surface area contributed by atoms with E-state index in [1.54, 1.807) is 0 Å². The second-order valence-electron chi connectivity index (χ2n) is 4.80. The van der Waals surface area contributed by atoms with Crippen molar-refractivity contribution in [2.45, 2.75) is 61.8 Å². The van der Waals surface area contributed by atoms with Crippen LogP contribution in [0, 0.1) is 0 Å². The minimum Gasteiger partial charge on any atom is -0.344 e. The molecule has 14 heteroatoms. The Hall–Kier alpha value is -0.760. The molecule has 0 heterocycles. The van der Waals surface area contributed by atoms with Crippen LogP contribution < -0.4 is 6.15 Å². The molecule has 0 aromatic carbocycles. The number of rotatable bonds is 9. The molecular weight excluding hydrogens is 385 g/mol. The second-order valence-corrected chi connectivity index (χ2v) is 6.26. The summed E-state index contributed by atoms with van der Waals surface area (Å²) in [5.41, 5.74) is 0. The number of hydrogen-bond donors (Lipinski definition) is 2. The third kappa shape index (κ3) is 6.27. The summed E-state index contributed by atoms with van der Waals surface area (Å²) >= 11 is 0. The summed E-state index contributed by atoms with van der Waals surface area (Å²) in [4.78, 5) is 0. The summed E-state index contributed by atoms with van der Waals surface area (Å²) < 4.78 is 141. The van der Waals surface area contributed by atoms with Crippen LogP contribution in [0.1, 0.15) is 38.5 Å². The first-order chi connectivity index (χ1) is 9.96. The van der Waals surface area contributed by atoms with E-state index < -0.39 is 59.1 Å². The van der Waals surface area contributed by atoms with Crippen molar-refractivity contribution in [2.75, 3.05) is 0 Å². The minimum absolute atomic E-state index is 0. The van der Waals surface area contributed by atoms with Crippen molar-refractivity contribution >= 4 is 10.1 Å². The molecule has 0 aromatic heterocycles. The highest BCUT2D eigenvalue weighted by atomic mass is 32.2. The first-order valence-corrected chi connectivity index (χ1v) is 7.57. The van der Waals surface area contributed by atoms with E-state index in [9.17, 15) is 47.9 Å². The summed E-state index contributed by atoms with van der Waals surface area (Å²) in [6, 6.07) is 0. The highest BCUT2D eigenvalue weighted by Crippen LogP contribution is 2.50. The van der Waals surface area contributed by atoms with Gasteiger partial charge in [-0.3, -0.25) is 4.55 Å². The van der Waals surface area contributed by atoms with Crippen LogP contribution in [-0.2, 0) is 10.1 Å². The first-order valence-electron chi connectivity index (χ1n) is 6.13. The van der Waals surface area contributed by atoms with Crippen molar-refractivity contribution in [1.82, 2.24) is 6.15 Å². The van der Waals surface area contributed by atoms with Gasteiger partial charge < -0.3 is 6.15 Å². The fourth-order valence-electron chi connectivity index (χ4n) is 1.56. The minimum atomic E-state index is -6.79. The molecule has 148 valence electrons. The molecule has 4 N–H and O–H groups in total. The largest absolute Gasteiger partial charge is 0.437 e. The third-order valence-corrected chi connectivity index (χ3v) is 3.75. The normalized spacial score (nSPS) is 14.4. The Bertz CT molecular complexity index is 490. The van der Waals surface area contributed by atoms with Gasteiger partial charge in [0.05, 0.1) is 0 Å². The zero-order valence-corrected chi connectivity index (χ0v) is 12.8. The highest BCUT2D eigenvalue weighted by Gasteiger charge is 2.76. The number of hydrogen-bond acceptors (Lipinski definition) is 3. The molecule has 0 aliphatic heterocycles. The molecule has 0 amide bonds. The highest BCUT2D eigenvalue weighted by molar-refractivity contribution is 7.87. The lowest BCUT2D eigenvalue weighted by molar-refractivity contribution is -0.282. The molecule has 0 saturated carbocycles. The van der Waals surface area contributed by atoms with Gasteiger partial charge in [-0.15, -0.1) is 0 Å². The smallest absolute Gasteiger partial charge is 0.344 e. The van der Waals surface area contributed by atoms with Crippen molar-refractivity contribution in [3.63, 3.8) is 0 Å². The Kier molecular flexibility index (Phi) is 8.58. The summed E-state index contributed by atoms with van der Waals surface area (Å²) in [7, 11) is -6.79. The maximum Gasteiger partial charge on any atom is 0.437 e. The SMILES string of the molecule is N.O=S(=O)(O)C(F)(F)C(F)(F)C(F)(F)CCCCCCC(F)(F)F. The van der Waals surface area contributed by atoms with Gasteiger partial charge in [0.2, 0.25) is 0 Å². The molecule has 0 spiro atoms. The lowest BCUT2D eigenvalue weighted by Crippen LogP contribution is -2.57. The second kappa shape index (κ2) is 8.08. The van der Waals surface area contributed by atoms with Gasteiger partial charge in [-0.1, -0.05) is 12.8 Å². The van der Waals surface area contributed by atoms with Crippen LogP contribution in [0.2, 0.25) is 0 Å². The molecule has 0 radical (unpaired) electrons. The van der Waals surface area contributed by atoms with Crippen molar-refractivity contribution < 1.29 is 52.5 Å². The van der Waals surface area contributed by atoms with Gasteiger partial charge in [-0.05, 0) is 12.8 Å². The summed E-state index contributed by atoms with van der Waals surface area (Å²) in [5.74, 6) is -11.9. The summed E-state index contributed by atoms with van der Waals surface area (Å²) in [5, 5.41) is -6.40. The van der Waals surface area contributed by atoms with E-state index >= 15 is 0 Å². The monoisotopic (exact) mass is 401 g/mol. The maximum atomic E-state index is 13.1. The van der Waals surface area contributed by atoms with E-state index in [4.69, 9.17) is 4.55 Å². The van der Waals surface area contributed by atoms with E-state index in [2.05, 4.69) is 0 Å². The van der Waals surface area contributed by atoms with Crippen LogP contribution >= 0.6 is 0 Å². The van der Waals surface area contributed by atoms with Gasteiger partial charge in [0.1, 0.15) is 0 Å². The van der Waals surface area contributed by atoms with Crippen LogP contribution in [0.3, 0.4) is 0 Å².